The number of rotatable bonds is 2. The van der Waals surface area contributed by atoms with Gasteiger partial charge < -0.3 is 0 Å². The first-order valence-electron chi connectivity index (χ1n) is 6.12. The summed E-state index contributed by atoms with van der Waals surface area (Å²) in [7, 11) is 0. The second-order valence-corrected chi connectivity index (χ2v) is 4.87. The summed E-state index contributed by atoms with van der Waals surface area (Å²) in [6.45, 7) is 7.68. The van der Waals surface area contributed by atoms with Crippen molar-refractivity contribution >= 4 is 5.78 Å². The minimum atomic E-state index is 0.127. The molecule has 1 aliphatic rings. The van der Waals surface area contributed by atoms with Crippen molar-refractivity contribution in [3.8, 4) is 0 Å². The number of aromatic nitrogens is 2. The molecule has 1 aromatic rings. The summed E-state index contributed by atoms with van der Waals surface area (Å²) < 4.78 is 0. The number of ketones is 1. The van der Waals surface area contributed by atoms with Gasteiger partial charge in [-0.05, 0) is 13.8 Å². The second kappa shape index (κ2) is 4.92. The van der Waals surface area contributed by atoms with Gasteiger partial charge in [-0.2, -0.15) is 0 Å². The van der Waals surface area contributed by atoms with Crippen LogP contribution in [-0.4, -0.2) is 33.2 Å². The molecule has 1 saturated heterocycles. The summed E-state index contributed by atoms with van der Waals surface area (Å²) in [6, 6.07) is 0.291. The van der Waals surface area contributed by atoms with Crippen LogP contribution in [0.15, 0.2) is 12.4 Å². The van der Waals surface area contributed by atoms with E-state index in [0.717, 1.165) is 24.5 Å². The maximum atomic E-state index is 11.6. The molecule has 0 radical (unpaired) electrons. The van der Waals surface area contributed by atoms with Crippen LogP contribution in [0, 0.1) is 12.8 Å². The Bertz CT molecular complexity index is 402. The zero-order valence-corrected chi connectivity index (χ0v) is 10.7. The van der Waals surface area contributed by atoms with Crippen LogP contribution in [-0.2, 0) is 11.3 Å². The predicted octanol–water partition coefficient (Wildman–Crippen LogP) is 1.58. The summed E-state index contributed by atoms with van der Waals surface area (Å²) in [6.07, 6.45) is 4.27. The minimum Gasteiger partial charge on any atom is -0.299 e. The number of piperidine rings is 1. The van der Waals surface area contributed by atoms with Gasteiger partial charge in [-0.3, -0.25) is 19.7 Å². The molecule has 1 aliphatic heterocycles. The third-order valence-corrected chi connectivity index (χ3v) is 3.65. The average Bonchev–Trinajstić information content (AvgIpc) is 2.33. The Kier molecular flexibility index (Phi) is 3.52. The normalized spacial score (nSPS) is 26.2. The number of hydrogen-bond donors (Lipinski definition) is 0. The van der Waals surface area contributed by atoms with Gasteiger partial charge in [0.15, 0.2) is 0 Å². The summed E-state index contributed by atoms with van der Waals surface area (Å²) in [5.74, 6) is 0.505. The topological polar surface area (TPSA) is 46.1 Å². The van der Waals surface area contributed by atoms with E-state index in [1.54, 1.807) is 6.20 Å². The van der Waals surface area contributed by atoms with E-state index in [1.807, 2.05) is 20.0 Å². The molecule has 2 heterocycles. The highest BCUT2D eigenvalue weighted by molar-refractivity contribution is 5.82. The maximum Gasteiger partial charge on any atom is 0.138 e. The van der Waals surface area contributed by atoms with Crippen molar-refractivity contribution < 1.29 is 4.79 Å². The Hall–Kier alpha value is -1.29. The lowest BCUT2D eigenvalue weighted by Gasteiger charge is -2.36. The SMILES string of the molecule is Cc1cnc(CN2CCC(=O)C(C)C2C)cn1. The van der Waals surface area contributed by atoms with E-state index in [1.165, 1.54) is 0 Å². The van der Waals surface area contributed by atoms with Gasteiger partial charge in [0.05, 0.1) is 11.4 Å². The van der Waals surface area contributed by atoms with Gasteiger partial charge in [0.1, 0.15) is 5.78 Å². The molecule has 92 valence electrons. The molecular formula is C13H19N3O. The molecule has 2 atom stereocenters. The van der Waals surface area contributed by atoms with Gasteiger partial charge in [0.2, 0.25) is 0 Å². The third-order valence-electron chi connectivity index (χ3n) is 3.65. The van der Waals surface area contributed by atoms with Crippen molar-refractivity contribution in [2.45, 2.75) is 39.8 Å². The van der Waals surface area contributed by atoms with Gasteiger partial charge in [0.25, 0.3) is 0 Å². The lowest BCUT2D eigenvalue weighted by Crippen LogP contribution is -2.46. The Morgan fingerprint density at radius 2 is 2.12 bits per heavy atom. The molecule has 4 heteroatoms. The van der Waals surface area contributed by atoms with Crippen molar-refractivity contribution in [2.75, 3.05) is 6.54 Å². The van der Waals surface area contributed by atoms with Gasteiger partial charge in [0, 0.05) is 43.9 Å². The first-order chi connectivity index (χ1) is 8.08. The predicted molar refractivity (Wildman–Crippen MR) is 65.4 cm³/mol. The van der Waals surface area contributed by atoms with E-state index in [9.17, 15) is 4.79 Å². The Morgan fingerprint density at radius 3 is 2.76 bits per heavy atom. The molecular weight excluding hydrogens is 214 g/mol. The first kappa shape index (κ1) is 12.2. The van der Waals surface area contributed by atoms with Crippen LogP contribution in [0.3, 0.4) is 0 Å². The fourth-order valence-corrected chi connectivity index (χ4v) is 2.20. The smallest absolute Gasteiger partial charge is 0.138 e. The van der Waals surface area contributed by atoms with E-state index >= 15 is 0 Å². The monoisotopic (exact) mass is 233 g/mol. The lowest BCUT2D eigenvalue weighted by molar-refractivity contribution is -0.128. The molecule has 2 unspecified atom stereocenters. The van der Waals surface area contributed by atoms with Crippen LogP contribution < -0.4 is 0 Å². The zero-order valence-electron chi connectivity index (χ0n) is 10.7. The zero-order chi connectivity index (χ0) is 12.4. The van der Waals surface area contributed by atoms with Gasteiger partial charge in [-0.15, -0.1) is 0 Å². The Morgan fingerprint density at radius 1 is 1.35 bits per heavy atom. The fourth-order valence-electron chi connectivity index (χ4n) is 2.20. The largest absolute Gasteiger partial charge is 0.299 e. The van der Waals surface area contributed by atoms with Crippen molar-refractivity contribution in [3.05, 3.63) is 23.8 Å². The first-order valence-corrected chi connectivity index (χ1v) is 6.12. The van der Waals surface area contributed by atoms with Gasteiger partial charge >= 0.3 is 0 Å². The standard InChI is InChI=1S/C13H19N3O/c1-9-6-15-12(7-14-9)8-16-5-4-13(17)10(2)11(16)3/h6-7,10-11H,4-5,8H2,1-3H3. The molecule has 2 rings (SSSR count). The fraction of sp³-hybridized carbons (Fsp3) is 0.615. The highest BCUT2D eigenvalue weighted by Gasteiger charge is 2.30. The molecule has 0 amide bonds. The summed E-state index contributed by atoms with van der Waals surface area (Å²) in [5, 5.41) is 0. The molecule has 0 aliphatic carbocycles. The van der Waals surface area contributed by atoms with Crippen LogP contribution >= 0.6 is 0 Å². The summed E-state index contributed by atoms with van der Waals surface area (Å²) >= 11 is 0. The van der Waals surface area contributed by atoms with E-state index in [-0.39, 0.29) is 5.92 Å². The van der Waals surface area contributed by atoms with Crippen LogP contribution in [0.2, 0.25) is 0 Å². The van der Waals surface area contributed by atoms with E-state index in [0.29, 0.717) is 18.2 Å². The van der Waals surface area contributed by atoms with Crippen molar-refractivity contribution in [1.29, 1.82) is 0 Å². The van der Waals surface area contributed by atoms with Crippen LogP contribution in [0.5, 0.6) is 0 Å². The molecule has 0 N–H and O–H groups in total. The number of aryl methyl sites for hydroxylation is 1. The van der Waals surface area contributed by atoms with Crippen molar-refractivity contribution in [3.63, 3.8) is 0 Å². The number of carbonyl (C=O) groups excluding carboxylic acids is 1. The molecule has 0 bridgehead atoms. The number of carbonyl (C=O) groups is 1. The maximum absolute atomic E-state index is 11.6. The van der Waals surface area contributed by atoms with E-state index in [4.69, 9.17) is 0 Å². The average molecular weight is 233 g/mol. The summed E-state index contributed by atoms with van der Waals surface area (Å²) in [5.41, 5.74) is 1.91. The molecule has 1 aromatic heterocycles. The minimum absolute atomic E-state index is 0.127. The van der Waals surface area contributed by atoms with Crippen LogP contribution in [0.4, 0.5) is 0 Å². The number of nitrogens with zero attached hydrogens (tertiary/aromatic N) is 3. The third kappa shape index (κ3) is 2.69. The summed E-state index contributed by atoms with van der Waals surface area (Å²) in [4.78, 5) is 22.5. The van der Waals surface area contributed by atoms with E-state index < -0.39 is 0 Å². The highest BCUT2D eigenvalue weighted by atomic mass is 16.1. The highest BCUT2D eigenvalue weighted by Crippen LogP contribution is 2.21. The number of Topliss-reactive ketones (excluding diaryl/α,β-unsaturated/α-hetero) is 1. The van der Waals surface area contributed by atoms with Crippen molar-refractivity contribution in [1.82, 2.24) is 14.9 Å². The van der Waals surface area contributed by atoms with E-state index in [2.05, 4.69) is 21.8 Å². The number of hydrogen-bond acceptors (Lipinski definition) is 4. The molecule has 17 heavy (non-hydrogen) atoms. The Balaban J connectivity index is 2.04. The second-order valence-electron chi connectivity index (χ2n) is 4.87. The lowest BCUT2D eigenvalue weighted by atomic mass is 9.90. The Labute approximate surface area is 102 Å². The van der Waals surface area contributed by atoms with Gasteiger partial charge in [-0.25, -0.2) is 0 Å². The molecule has 0 aromatic carbocycles. The van der Waals surface area contributed by atoms with Crippen LogP contribution in [0.1, 0.15) is 31.7 Å². The van der Waals surface area contributed by atoms with Gasteiger partial charge in [-0.1, -0.05) is 6.92 Å². The molecule has 0 saturated carbocycles. The molecule has 0 spiro atoms. The van der Waals surface area contributed by atoms with Crippen molar-refractivity contribution in [2.24, 2.45) is 5.92 Å². The quantitative estimate of drug-likeness (QED) is 0.778. The number of likely N-dealkylation sites (tertiary alicyclic amines) is 1. The molecule has 1 fully saturated rings. The molecule has 4 nitrogen and oxygen atoms in total. The van der Waals surface area contributed by atoms with Crippen LogP contribution in [0.25, 0.3) is 0 Å².